The highest BCUT2D eigenvalue weighted by atomic mass is 19.4. The first kappa shape index (κ1) is 33.4. The fraction of sp³-hybridized carbons (Fsp3) is 0.353. The van der Waals surface area contributed by atoms with E-state index in [1.807, 2.05) is 25.1 Å². The van der Waals surface area contributed by atoms with Crippen LogP contribution >= 0.6 is 0 Å². The van der Waals surface area contributed by atoms with Crippen molar-refractivity contribution in [2.45, 2.75) is 58.8 Å². The second-order valence-electron chi connectivity index (χ2n) is 11.0. The lowest BCUT2D eigenvalue weighted by Gasteiger charge is -2.22. The topological polar surface area (TPSA) is 100 Å². The summed E-state index contributed by atoms with van der Waals surface area (Å²) in [6.07, 6.45) is -0.677. The van der Waals surface area contributed by atoms with Crippen molar-refractivity contribution < 1.29 is 27.2 Å². The fourth-order valence-corrected chi connectivity index (χ4v) is 4.99. The summed E-state index contributed by atoms with van der Waals surface area (Å²) in [5, 5.41) is 5.91. The Morgan fingerprint density at radius 2 is 1.73 bits per heavy atom. The molecule has 4 aromatic rings. The number of aromatic nitrogens is 2. The van der Waals surface area contributed by atoms with E-state index in [1.54, 1.807) is 30.2 Å². The lowest BCUT2D eigenvalue weighted by molar-refractivity contribution is -0.137. The highest BCUT2D eigenvalue weighted by molar-refractivity contribution is 5.98. The van der Waals surface area contributed by atoms with E-state index in [1.165, 1.54) is 17.7 Å². The van der Waals surface area contributed by atoms with Gasteiger partial charge in [0.2, 0.25) is 5.89 Å². The molecule has 1 aliphatic heterocycles. The number of carbonyl (C=O) groups is 2. The predicted octanol–water partition coefficient (Wildman–Crippen LogP) is 6.59. The molecule has 5 rings (SSSR count). The predicted molar refractivity (Wildman–Crippen MR) is 165 cm³/mol. The van der Waals surface area contributed by atoms with Gasteiger partial charge in [0.05, 0.1) is 11.3 Å². The zero-order chi connectivity index (χ0) is 32.4. The van der Waals surface area contributed by atoms with Gasteiger partial charge in [0.25, 0.3) is 11.8 Å². The molecule has 1 fully saturated rings. The number of carbonyl (C=O) groups excluding carboxylic acids is 2. The third-order valence-electron chi connectivity index (χ3n) is 7.21. The molecule has 2 aromatic heterocycles. The van der Waals surface area contributed by atoms with E-state index >= 15 is 0 Å². The molecule has 1 atom stereocenters. The van der Waals surface area contributed by atoms with Crippen molar-refractivity contribution in [1.29, 1.82) is 0 Å². The maximum atomic E-state index is 13.3. The highest BCUT2D eigenvalue weighted by Gasteiger charge is 2.34. The molecule has 1 saturated heterocycles. The summed E-state index contributed by atoms with van der Waals surface area (Å²) in [5.41, 5.74) is 2.99. The first-order chi connectivity index (χ1) is 21.5. The zero-order valence-corrected chi connectivity index (χ0v) is 25.7. The van der Waals surface area contributed by atoms with Gasteiger partial charge in [0.15, 0.2) is 0 Å². The number of nitrogens with zero attached hydrogens (tertiary/aromatic N) is 3. The van der Waals surface area contributed by atoms with Gasteiger partial charge < -0.3 is 20.0 Å². The van der Waals surface area contributed by atoms with Crippen LogP contribution in [0.5, 0.6) is 0 Å². The summed E-state index contributed by atoms with van der Waals surface area (Å²) in [6, 6.07) is 18.3. The van der Waals surface area contributed by atoms with Gasteiger partial charge in [-0.2, -0.15) is 13.2 Å². The minimum absolute atomic E-state index is 0.188. The van der Waals surface area contributed by atoms with Crippen molar-refractivity contribution in [1.82, 2.24) is 25.5 Å². The van der Waals surface area contributed by atoms with Gasteiger partial charge in [-0.1, -0.05) is 54.1 Å². The standard InChI is InChI=1S/C27H30F3N5O3.C7H8/c1-17-12-20(14-22(33-17)26(37)35-11-4-8-23(35)25-34-18(2)16-38-25)24(36)32-10-5-9-31-15-19-6-3-7-21(13-19)27(28,29)30;1-7-5-3-2-4-6-7/h3,6-7,12-14,16,23,31H,4-5,8-11,15H2,1-2H3,(H,32,36);2-6H,1H3. The summed E-state index contributed by atoms with van der Waals surface area (Å²) in [5.74, 6) is -0.107. The smallest absolute Gasteiger partial charge is 0.416 e. The average Bonchev–Trinajstić information content (AvgIpc) is 3.68. The summed E-state index contributed by atoms with van der Waals surface area (Å²) >= 11 is 0. The zero-order valence-electron chi connectivity index (χ0n) is 25.7. The minimum atomic E-state index is -4.37. The van der Waals surface area contributed by atoms with Crippen LogP contribution in [0, 0.1) is 20.8 Å². The number of likely N-dealkylation sites (tertiary alicyclic amines) is 1. The van der Waals surface area contributed by atoms with E-state index in [9.17, 15) is 22.8 Å². The third-order valence-corrected chi connectivity index (χ3v) is 7.21. The number of halogens is 3. The molecule has 0 radical (unpaired) electrons. The lowest BCUT2D eigenvalue weighted by atomic mass is 10.1. The molecule has 0 bridgehead atoms. The normalized spacial score (nSPS) is 14.5. The van der Waals surface area contributed by atoms with Gasteiger partial charge in [-0.3, -0.25) is 9.59 Å². The number of oxazole rings is 1. The number of hydrogen-bond acceptors (Lipinski definition) is 6. The van der Waals surface area contributed by atoms with E-state index < -0.39 is 11.7 Å². The maximum Gasteiger partial charge on any atom is 0.416 e. The number of aryl methyl sites for hydroxylation is 3. The summed E-state index contributed by atoms with van der Waals surface area (Å²) in [4.78, 5) is 36.5. The van der Waals surface area contributed by atoms with E-state index in [2.05, 4.69) is 39.7 Å². The van der Waals surface area contributed by atoms with E-state index in [4.69, 9.17) is 4.42 Å². The number of pyridine rings is 1. The highest BCUT2D eigenvalue weighted by Crippen LogP contribution is 2.33. The number of benzene rings is 2. The van der Waals surface area contributed by atoms with Gasteiger partial charge in [-0.25, -0.2) is 9.97 Å². The number of amides is 2. The Bertz CT molecular complexity index is 1570. The fourth-order valence-electron chi connectivity index (χ4n) is 4.99. The van der Waals surface area contributed by atoms with Crippen molar-refractivity contribution in [3.05, 3.63) is 118 Å². The molecular weight excluding hydrogens is 583 g/mol. The Labute approximate surface area is 261 Å². The maximum absolute atomic E-state index is 13.3. The van der Waals surface area contributed by atoms with Crippen molar-refractivity contribution in [2.75, 3.05) is 19.6 Å². The molecule has 1 aliphatic rings. The molecule has 1 unspecified atom stereocenters. The third kappa shape index (κ3) is 9.74. The number of alkyl halides is 3. The van der Waals surface area contributed by atoms with Crippen LogP contribution in [0.15, 0.2) is 77.4 Å². The molecule has 8 nitrogen and oxygen atoms in total. The SMILES string of the molecule is Cc1cc(C(=O)NCCCNCc2cccc(C(F)(F)F)c2)cc(C(=O)N2CCCC2c2nc(C)co2)n1.Cc1ccccc1. The second-order valence-corrected chi connectivity index (χ2v) is 11.0. The molecule has 2 N–H and O–H groups in total. The summed E-state index contributed by atoms with van der Waals surface area (Å²) in [7, 11) is 0. The van der Waals surface area contributed by atoms with E-state index in [0.717, 1.165) is 30.7 Å². The average molecular weight is 622 g/mol. The first-order valence-corrected chi connectivity index (χ1v) is 14.9. The second kappa shape index (κ2) is 15.5. The van der Waals surface area contributed by atoms with Crippen LogP contribution in [0.4, 0.5) is 13.2 Å². The number of rotatable bonds is 9. The Morgan fingerprint density at radius 1 is 0.956 bits per heavy atom. The van der Waals surface area contributed by atoms with Crippen molar-refractivity contribution >= 4 is 11.8 Å². The molecule has 0 spiro atoms. The molecular formula is C34H38F3N5O3. The molecule has 238 valence electrons. The van der Waals surface area contributed by atoms with Gasteiger partial charge in [0.1, 0.15) is 18.0 Å². The van der Waals surface area contributed by atoms with Crippen LogP contribution in [0.2, 0.25) is 0 Å². The quantitative estimate of drug-likeness (QED) is 0.205. The molecule has 11 heteroatoms. The summed E-state index contributed by atoms with van der Waals surface area (Å²) < 4.78 is 44.1. The summed E-state index contributed by atoms with van der Waals surface area (Å²) in [6.45, 7) is 7.34. The minimum Gasteiger partial charge on any atom is -0.446 e. The molecule has 2 amide bonds. The molecule has 45 heavy (non-hydrogen) atoms. The van der Waals surface area contributed by atoms with Gasteiger partial charge in [-0.15, -0.1) is 0 Å². The Morgan fingerprint density at radius 3 is 2.40 bits per heavy atom. The van der Waals surface area contributed by atoms with Gasteiger partial charge >= 0.3 is 6.18 Å². The van der Waals surface area contributed by atoms with Crippen LogP contribution in [0.1, 0.15) is 80.1 Å². The van der Waals surface area contributed by atoms with Crippen LogP contribution in [0.3, 0.4) is 0 Å². The molecule has 2 aromatic carbocycles. The van der Waals surface area contributed by atoms with Gasteiger partial charge in [-0.05, 0) is 70.3 Å². The monoisotopic (exact) mass is 621 g/mol. The van der Waals surface area contributed by atoms with Crippen LogP contribution in [0.25, 0.3) is 0 Å². The Hall–Kier alpha value is -4.51. The Kier molecular flexibility index (Phi) is 11.5. The largest absolute Gasteiger partial charge is 0.446 e. The van der Waals surface area contributed by atoms with Crippen molar-refractivity contribution in [3.63, 3.8) is 0 Å². The van der Waals surface area contributed by atoms with E-state index in [-0.39, 0.29) is 30.1 Å². The Balaban J connectivity index is 0.000000580. The molecule has 0 aliphatic carbocycles. The van der Waals surface area contributed by atoms with E-state index in [0.29, 0.717) is 48.8 Å². The van der Waals surface area contributed by atoms with Gasteiger partial charge in [0, 0.05) is 30.9 Å². The molecule has 3 heterocycles. The van der Waals surface area contributed by atoms with Crippen molar-refractivity contribution in [3.8, 4) is 0 Å². The van der Waals surface area contributed by atoms with Crippen LogP contribution in [-0.4, -0.2) is 46.3 Å². The van der Waals surface area contributed by atoms with Crippen LogP contribution < -0.4 is 10.6 Å². The molecule has 0 saturated carbocycles. The van der Waals surface area contributed by atoms with Crippen LogP contribution in [-0.2, 0) is 12.7 Å². The number of nitrogens with one attached hydrogen (secondary N) is 2. The lowest BCUT2D eigenvalue weighted by Crippen LogP contribution is -2.32. The number of hydrogen-bond donors (Lipinski definition) is 2. The van der Waals surface area contributed by atoms with Crippen molar-refractivity contribution in [2.24, 2.45) is 0 Å². The first-order valence-electron chi connectivity index (χ1n) is 14.9.